The van der Waals surface area contributed by atoms with Crippen molar-refractivity contribution in [1.82, 2.24) is 10.2 Å². The molecule has 1 rings (SSSR count). The summed E-state index contributed by atoms with van der Waals surface area (Å²) >= 11 is 0. The second kappa shape index (κ2) is 9.66. The highest BCUT2D eigenvalue weighted by molar-refractivity contribution is 5.82. The highest BCUT2D eigenvalue weighted by atomic mass is 16.6. The number of hydrogen-bond donors (Lipinski definition) is 1. The number of alkyl carbamates (subject to hydrolysis) is 1. The molecule has 7 heteroatoms. The minimum atomic E-state index is -0.606. The second-order valence-electron chi connectivity index (χ2n) is 6.59. The molecule has 1 N–H and O–H groups in total. The van der Waals surface area contributed by atoms with Crippen LogP contribution in [0.25, 0.3) is 0 Å². The Morgan fingerprint density at radius 1 is 1.12 bits per heavy atom. The van der Waals surface area contributed by atoms with Gasteiger partial charge in [0.05, 0.1) is 6.54 Å². The zero-order valence-corrected chi connectivity index (χ0v) is 15.2. The second-order valence-corrected chi connectivity index (χ2v) is 6.59. The first-order valence-electron chi connectivity index (χ1n) is 8.09. The molecule has 7 nitrogen and oxygen atoms in total. The van der Waals surface area contributed by atoms with Crippen molar-refractivity contribution in [1.29, 1.82) is 0 Å². The van der Waals surface area contributed by atoms with E-state index in [1.165, 1.54) is 11.8 Å². The van der Waals surface area contributed by atoms with E-state index in [1.807, 2.05) is 30.3 Å². The van der Waals surface area contributed by atoms with Crippen molar-refractivity contribution in [3.05, 3.63) is 35.9 Å². The van der Waals surface area contributed by atoms with Gasteiger partial charge >= 0.3 is 12.2 Å². The molecule has 138 valence electrons. The molecule has 0 saturated heterocycles. The van der Waals surface area contributed by atoms with Gasteiger partial charge in [-0.15, -0.1) is 0 Å². The minimum absolute atomic E-state index is 0.0797. The molecule has 1 aromatic rings. The van der Waals surface area contributed by atoms with Crippen LogP contribution in [0.3, 0.4) is 0 Å². The van der Waals surface area contributed by atoms with Crippen LogP contribution in [0.5, 0.6) is 0 Å². The lowest BCUT2D eigenvalue weighted by atomic mass is 10.2. The summed E-state index contributed by atoms with van der Waals surface area (Å²) in [6.45, 7) is 7.01. The molecule has 0 atom stereocenters. The van der Waals surface area contributed by atoms with Gasteiger partial charge in [-0.1, -0.05) is 30.3 Å². The summed E-state index contributed by atoms with van der Waals surface area (Å²) in [5.41, 5.74) is 0.253. The van der Waals surface area contributed by atoms with E-state index in [1.54, 1.807) is 20.8 Å². The zero-order chi connectivity index (χ0) is 18.9. The molecule has 0 heterocycles. The van der Waals surface area contributed by atoms with Gasteiger partial charge in [0.1, 0.15) is 18.0 Å². The van der Waals surface area contributed by atoms with Gasteiger partial charge in [-0.05, 0) is 33.3 Å². The monoisotopic (exact) mass is 350 g/mol. The van der Waals surface area contributed by atoms with Gasteiger partial charge in [0, 0.05) is 13.1 Å². The van der Waals surface area contributed by atoms with E-state index < -0.39 is 17.8 Å². The van der Waals surface area contributed by atoms with Crippen LogP contribution in [0.15, 0.2) is 30.3 Å². The highest BCUT2D eigenvalue weighted by Crippen LogP contribution is 2.06. The van der Waals surface area contributed by atoms with Crippen LogP contribution in [-0.2, 0) is 20.9 Å². The van der Waals surface area contributed by atoms with E-state index in [9.17, 15) is 14.4 Å². The molecule has 0 spiro atoms. The normalized spacial score (nSPS) is 10.7. The predicted octanol–water partition coefficient (Wildman–Crippen LogP) is 2.74. The molecule has 0 radical (unpaired) electrons. The SMILES string of the molecule is CC(=O)CN(CCNC(=O)OC(C)(C)C)C(=O)OCc1ccccc1. The number of nitrogens with one attached hydrogen (secondary N) is 1. The van der Waals surface area contributed by atoms with Gasteiger partial charge < -0.3 is 14.8 Å². The lowest BCUT2D eigenvalue weighted by molar-refractivity contribution is -0.117. The van der Waals surface area contributed by atoms with E-state index in [-0.39, 0.29) is 32.0 Å². The summed E-state index contributed by atoms with van der Waals surface area (Å²) < 4.78 is 10.3. The minimum Gasteiger partial charge on any atom is -0.445 e. The van der Waals surface area contributed by atoms with Crippen LogP contribution >= 0.6 is 0 Å². The van der Waals surface area contributed by atoms with Crippen molar-refractivity contribution in [3.63, 3.8) is 0 Å². The molecule has 0 aliphatic heterocycles. The first-order valence-corrected chi connectivity index (χ1v) is 8.09. The number of carbonyl (C=O) groups excluding carboxylic acids is 3. The van der Waals surface area contributed by atoms with E-state index in [0.29, 0.717) is 0 Å². The highest BCUT2D eigenvalue weighted by Gasteiger charge is 2.19. The Bertz CT molecular complexity index is 581. The Hall–Kier alpha value is -2.57. The van der Waals surface area contributed by atoms with Crippen molar-refractivity contribution in [3.8, 4) is 0 Å². The number of nitrogens with zero attached hydrogens (tertiary/aromatic N) is 1. The predicted molar refractivity (Wildman–Crippen MR) is 93.1 cm³/mol. The fraction of sp³-hybridized carbons (Fsp3) is 0.500. The number of benzene rings is 1. The molecule has 0 fully saturated rings. The first kappa shape index (κ1) is 20.5. The third-order valence-corrected chi connectivity index (χ3v) is 2.93. The molecule has 25 heavy (non-hydrogen) atoms. The Kier molecular flexibility index (Phi) is 7.91. The van der Waals surface area contributed by atoms with Crippen LogP contribution < -0.4 is 5.32 Å². The number of Topliss-reactive ketones (excluding diaryl/α,β-unsaturated/α-hetero) is 1. The van der Waals surface area contributed by atoms with Crippen LogP contribution in [0, 0.1) is 0 Å². The molecule has 0 saturated carbocycles. The summed E-state index contributed by atoms with van der Waals surface area (Å²) in [5, 5.41) is 2.55. The maximum Gasteiger partial charge on any atom is 0.410 e. The standard InChI is InChI=1S/C18H26N2O5/c1-14(21)12-20(11-10-19-16(22)25-18(2,3)4)17(23)24-13-15-8-6-5-7-9-15/h5-9H,10-13H2,1-4H3,(H,19,22). The molecular weight excluding hydrogens is 324 g/mol. The molecule has 0 aliphatic carbocycles. The summed E-state index contributed by atoms with van der Waals surface area (Å²) in [4.78, 5) is 36.4. The van der Waals surface area contributed by atoms with Gasteiger partial charge in [0.25, 0.3) is 0 Å². The van der Waals surface area contributed by atoms with Gasteiger partial charge in [-0.25, -0.2) is 9.59 Å². The fourth-order valence-electron chi connectivity index (χ4n) is 1.92. The smallest absolute Gasteiger partial charge is 0.410 e. The first-order chi connectivity index (χ1) is 11.7. The number of amides is 2. The van der Waals surface area contributed by atoms with Gasteiger partial charge in [0.15, 0.2) is 0 Å². The lowest BCUT2D eigenvalue weighted by Crippen LogP contribution is -2.42. The summed E-state index contributed by atoms with van der Waals surface area (Å²) in [7, 11) is 0. The summed E-state index contributed by atoms with van der Waals surface area (Å²) in [6, 6.07) is 9.25. The topological polar surface area (TPSA) is 84.9 Å². The maximum atomic E-state index is 12.2. The molecule has 2 amide bonds. The molecule has 1 aromatic carbocycles. The maximum absolute atomic E-state index is 12.2. The van der Waals surface area contributed by atoms with Crippen molar-refractivity contribution in [2.45, 2.75) is 39.9 Å². The van der Waals surface area contributed by atoms with Crippen molar-refractivity contribution < 1.29 is 23.9 Å². The zero-order valence-electron chi connectivity index (χ0n) is 15.2. The van der Waals surface area contributed by atoms with Crippen LogP contribution in [0.2, 0.25) is 0 Å². The lowest BCUT2D eigenvalue weighted by Gasteiger charge is -2.22. The molecule has 0 aromatic heterocycles. The van der Waals surface area contributed by atoms with Gasteiger partial charge in [0.2, 0.25) is 0 Å². The number of rotatable bonds is 7. The van der Waals surface area contributed by atoms with Crippen LogP contribution in [0.1, 0.15) is 33.3 Å². The number of ketones is 1. The van der Waals surface area contributed by atoms with Crippen molar-refractivity contribution in [2.75, 3.05) is 19.6 Å². The number of hydrogen-bond acceptors (Lipinski definition) is 5. The van der Waals surface area contributed by atoms with E-state index >= 15 is 0 Å². The van der Waals surface area contributed by atoms with E-state index in [2.05, 4.69) is 5.32 Å². The number of ether oxygens (including phenoxy) is 2. The van der Waals surface area contributed by atoms with E-state index in [4.69, 9.17) is 9.47 Å². The number of carbonyl (C=O) groups is 3. The fourth-order valence-corrected chi connectivity index (χ4v) is 1.92. The summed E-state index contributed by atoms with van der Waals surface area (Å²) in [6.07, 6.45) is -1.18. The Balaban J connectivity index is 2.48. The Morgan fingerprint density at radius 3 is 2.32 bits per heavy atom. The van der Waals surface area contributed by atoms with Crippen LogP contribution in [-0.4, -0.2) is 48.1 Å². The Labute approximate surface area is 148 Å². The summed E-state index contributed by atoms with van der Waals surface area (Å²) in [5.74, 6) is -0.172. The molecule has 0 bridgehead atoms. The average Bonchev–Trinajstić information content (AvgIpc) is 2.50. The third-order valence-electron chi connectivity index (χ3n) is 2.93. The molecule has 0 unspecified atom stereocenters. The quantitative estimate of drug-likeness (QED) is 0.817. The average molecular weight is 350 g/mol. The third kappa shape index (κ3) is 9.34. The van der Waals surface area contributed by atoms with Gasteiger partial charge in [-0.2, -0.15) is 0 Å². The molecule has 0 aliphatic rings. The largest absolute Gasteiger partial charge is 0.445 e. The Morgan fingerprint density at radius 2 is 1.76 bits per heavy atom. The van der Waals surface area contributed by atoms with E-state index in [0.717, 1.165) is 5.56 Å². The molecular formula is C18H26N2O5. The van der Waals surface area contributed by atoms with Crippen LogP contribution in [0.4, 0.5) is 9.59 Å². The van der Waals surface area contributed by atoms with Crippen molar-refractivity contribution in [2.24, 2.45) is 0 Å². The van der Waals surface area contributed by atoms with Gasteiger partial charge in [-0.3, -0.25) is 9.69 Å². The van der Waals surface area contributed by atoms with Crippen molar-refractivity contribution >= 4 is 18.0 Å².